The van der Waals surface area contributed by atoms with Gasteiger partial charge in [0.2, 0.25) is 0 Å². The summed E-state index contributed by atoms with van der Waals surface area (Å²) in [6.45, 7) is 7.90. The van der Waals surface area contributed by atoms with Crippen LogP contribution < -0.4 is 10.2 Å². The molecule has 0 saturated carbocycles. The number of piperidine rings is 1. The molecule has 5 nitrogen and oxygen atoms in total. The fraction of sp³-hybridized carbons (Fsp3) is 0.448. The van der Waals surface area contributed by atoms with Gasteiger partial charge in [0.25, 0.3) is 0 Å². The molecule has 0 unspecified atom stereocenters. The van der Waals surface area contributed by atoms with Crippen LogP contribution in [0.2, 0.25) is 0 Å². The lowest BCUT2D eigenvalue weighted by Gasteiger charge is -2.36. The molecular formula is C29H34F3N5. The highest BCUT2D eigenvalue weighted by Gasteiger charge is 2.32. The molecule has 0 amide bonds. The average molecular weight is 510 g/mol. The van der Waals surface area contributed by atoms with E-state index in [2.05, 4.69) is 53.2 Å². The Morgan fingerprint density at radius 2 is 1.73 bits per heavy atom. The molecule has 1 aromatic heterocycles. The summed E-state index contributed by atoms with van der Waals surface area (Å²) in [6.07, 6.45) is 0.490. The molecule has 5 rings (SSSR count). The zero-order valence-corrected chi connectivity index (χ0v) is 21.4. The molecule has 0 spiro atoms. The van der Waals surface area contributed by atoms with Gasteiger partial charge in [-0.15, -0.1) is 0 Å². The standard InChI is InChI=1S/C29H34F3N5/c1-19(2)33-28-29(35-25-12-13-36(18-26(25)34-28)17-20-6-4-3-5-7-20)37-14-10-21(11-15-37)27(32)23-9-8-22(30)16-24(23)31/h3-9,16,19,21,27H,10-15,17-18H2,1-2H3,(H,33,34)/t27-/m1/s1. The van der Waals surface area contributed by atoms with E-state index in [-0.39, 0.29) is 17.5 Å². The van der Waals surface area contributed by atoms with Crippen LogP contribution in [0, 0.1) is 17.6 Å². The van der Waals surface area contributed by atoms with Crippen LogP contribution in [0.5, 0.6) is 0 Å². The van der Waals surface area contributed by atoms with E-state index in [9.17, 15) is 8.78 Å². The number of rotatable bonds is 7. The lowest BCUT2D eigenvalue weighted by atomic mass is 9.88. The number of halogens is 3. The Kier molecular flexibility index (Phi) is 7.65. The van der Waals surface area contributed by atoms with Crippen molar-refractivity contribution in [2.24, 2.45) is 5.92 Å². The highest BCUT2D eigenvalue weighted by molar-refractivity contribution is 5.62. The smallest absolute Gasteiger partial charge is 0.172 e. The average Bonchev–Trinajstić information content (AvgIpc) is 2.88. The first-order valence-corrected chi connectivity index (χ1v) is 13.1. The minimum Gasteiger partial charge on any atom is -0.365 e. The van der Waals surface area contributed by atoms with Crippen LogP contribution in [0.25, 0.3) is 0 Å². The van der Waals surface area contributed by atoms with Gasteiger partial charge >= 0.3 is 0 Å². The Hall–Kier alpha value is -3.13. The second-order valence-electron chi connectivity index (χ2n) is 10.4. The predicted molar refractivity (Wildman–Crippen MR) is 140 cm³/mol. The van der Waals surface area contributed by atoms with E-state index in [0.29, 0.717) is 25.9 Å². The first-order valence-electron chi connectivity index (χ1n) is 13.1. The zero-order valence-electron chi connectivity index (χ0n) is 21.4. The third-order valence-corrected chi connectivity index (χ3v) is 7.26. The fourth-order valence-corrected chi connectivity index (χ4v) is 5.33. The molecule has 0 aliphatic carbocycles. The van der Waals surface area contributed by atoms with Crippen LogP contribution in [0.4, 0.5) is 24.8 Å². The van der Waals surface area contributed by atoms with Crippen LogP contribution in [0.3, 0.4) is 0 Å². The topological polar surface area (TPSA) is 44.3 Å². The quantitative estimate of drug-likeness (QED) is 0.419. The van der Waals surface area contributed by atoms with Gasteiger partial charge in [-0.3, -0.25) is 4.90 Å². The minimum absolute atomic E-state index is 0.0596. The Labute approximate surface area is 216 Å². The SMILES string of the molecule is CC(C)Nc1nc2c(nc1N1CCC([C@@H](F)c3ccc(F)cc3F)CC1)CCN(Cc1ccccc1)C2. The Balaban J connectivity index is 1.30. The van der Waals surface area contributed by atoms with Crippen LogP contribution >= 0.6 is 0 Å². The molecule has 196 valence electrons. The Morgan fingerprint density at radius 3 is 2.43 bits per heavy atom. The van der Waals surface area contributed by atoms with E-state index in [0.717, 1.165) is 61.2 Å². The lowest BCUT2D eigenvalue weighted by Crippen LogP contribution is -2.38. The third kappa shape index (κ3) is 5.90. The molecule has 0 radical (unpaired) electrons. The second kappa shape index (κ2) is 11.1. The number of hydrogen-bond donors (Lipinski definition) is 1. The summed E-state index contributed by atoms with van der Waals surface area (Å²) in [6, 6.07) is 13.7. The molecule has 2 aromatic carbocycles. The van der Waals surface area contributed by atoms with Crippen LogP contribution in [0.1, 0.15) is 55.4 Å². The number of anilines is 2. The van der Waals surface area contributed by atoms with Crippen molar-refractivity contribution < 1.29 is 13.2 Å². The Morgan fingerprint density at radius 1 is 0.973 bits per heavy atom. The molecular weight excluding hydrogens is 475 g/mol. The van der Waals surface area contributed by atoms with Crippen molar-refractivity contribution in [2.45, 2.75) is 58.4 Å². The molecule has 1 saturated heterocycles. The largest absolute Gasteiger partial charge is 0.365 e. The molecule has 1 atom stereocenters. The van der Waals surface area contributed by atoms with E-state index >= 15 is 4.39 Å². The normalized spacial score (nSPS) is 17.6. The molecule has 8 heteroatoms. The molecule has 37 heavy (non-hydrogen) atoms. The van der Waals surface area contributed by atoms with Gasteiger partial charge in [0.05, 0.1) is 11.4 Å². The number of aromatic nitrogens is 2. The second-order valence-corrected chi connectivity index (χ2v) is 10.4. The molecule has 2 aliphatic heterocycles. The van der Waals surface area contributed by atoms with Crippen molar-refractivity contribution in [2.75, 3.05) is 29.9 Å². The highest BCUT2D eigenvalue weighted by atomic mass is 19.1. The molecule has 2 aliphatic rings. The highest BCUT2D eigenvalue weighted by Crippen LogP contribution is 2.37. The van der Waals surface area contributed by atoms with Gasteiger partial charge in [-0.25, -0.2) is 23.1 Å². The van der Waals surface area contributed by atoms with Crippen molar-refractivity contribution in [1.82, 2.24) is 14.9 Å². The first-order chi connectivity index (χ1) is 17.9. The van der Waals surface area contributed by atoms with E-state index < -0.39 is 17.8 Å². The zero-order chi connectivity index (χ0) is 25.9. The fourth-order valence-electron chi connectivity index (χ4n) is 5.33. The third-order valence-electron chi connectivity index (χ3n) is 7.26. The summed E-state index contributed by atoms with van der Waals surface area (Å²) in [5, 5.41) is 3.46. The first kappa shape index (κ1) is 25.5. The molecule has 3 aromatic rings. The maximum atomic E-state index is 15.2. The summed E-state index contributed by atoms with van der Waals surface area (Å²) < 4.78 is 42.6. The lowest BCUT2D eigenvalue weighted by molar-refractivity contribution is 0.193. The maximum Gasteiger partial charge on any atom is 0.172 e. The number of alkyl halides is 1. The number of nitrogens with zero attached hydrogens (tertiary/aromatic N) is 4. The molecule has 0 bridgehead atoms. The van der Waals surface area contributed by atoms with Gasteiger partial charge in [0.15, 0.2) is 11.6 Å². The minimum atomic E-state index is -1.46. The van der Waals surface area contributed by atoms with Crippen molar-refractivity contribution in [3.05, 3.63) is 82.7 Å². The van der Waals surface area contributed by atoms with Gasteiger partial charge in [-0.05, 0) is 44.2 Å². The monoisotopic (exact) mass is 509 g/mol. The van der Waals surface area contributed by atoms with E-state index in [1.165, 1.54) is 11.6 Å². The van der Waals surface area contributed by atoms with Crippen molar-refractivity contribution in [1.29, 1.82) is 0 Å². The van der Waals surface area contributed by atoms with Gasteiger partial charge in [0.1, 0.15) is 17.8 Å². The number of hydrogen-bond acceptors (Lipinski definition) is 5. The van der Waals surface area contributed by atoms with Crippen LogP contribution in [-0.2, 0) is 19.5 Å². The maximum absolute atomic E-state index is 15.2. The number of nitrogens with one attached hydrogen (secondary N) is 1. The number of fused-ring (bicyclic) bond motifs is 1. The van der Waals surface area contributed by atoms with Gasteiger partial charge in [-0.2, -0.15) is 0 Å². The van der Waals surface area contributed by atoms with Gasteiger partial charge in [0, 0.05) is 56.8 Å². The summed E-state index contributed by atoms with van der Waals surface area (Å²) >= 11 is 0. The van der Waals surface area contributed by atoms with E-state index in [1.807, 2.05) is 6.07 Å². The van der Waals surface area contributed by atoms with Crippen molar-refractivity contribution >= 4 is 11.6 Å². The van der Waals surface area contributed by atoms with E-state index in [1.54, 1.807) is 0 Å². The summed E-state index contributed by atoms with van der Waals surface area (Å²) in [5.74, 6) is -0.265. The van der Waals surface area contributed by atoms with Crippen molar-refractivity contribution in [3.63, 3.8) is 0 Å². The summed E-state index contributed by atoms with van der Waals surface area (Å²) in [7, 11) is 0. The Bertz CT molecular complexity index is 1210. The molecule has 3 heterocycles. The van der Waals surface area contributed by atoms with Crippen LogP contribution in [0.15, 0.2) is 48.5 Å². The van der Waals surface area contributed by atoms with Crippen LogP contribution in [-0.4, -0.2) is 40.5 Å². The van der Waals surface area contributed by atoms with Gasteiger partial charge in [-0.1, -0.05) is 36.4 Å². The summed E-state index contributed by atoms with van der Waals surface area (Å²) in [4.78, 5) is 14.6. The molecule has 1 N–H and O–H groups in total. The predicted octanol–water partition coefficient (Wildman–Crippen LogP) is 6.06. The number of benzene rings is 2. The van der Waals surface area contributed by atoms with Gasteiger partial charge < -0.3 is 10.2 Å². The van der Waals surface area contributed by atoms with E-state index in [4.69, 9.17) is 9.97 Å². The molecule has 1 fully saturated rings. The summed E-state index contributed by atoms with van der Waals surface area (Å²) in [5.41, 5.74) is 3.24. The van der Waals surface area contributed by atoms with Crippen molar-refractivity contribution in [3.8, 4) is 0 Å².